The van der Waals surface area contributed by atoms with Gasteiger partial charge >= 0.3 is 18.0 Å². The summed E-state index contributed by atoms with van der Waals surface area (Å²) in [4.78, 5) is 33.8. The molecular weight excluding hydrogens is 378 g/mol. The van der Waals surface area contributed by atoms with Crippen LogP contribution in [0.3, 0.4) is 0 Å². The zero-order valence-electron chi connectivity index (χ0n) is 15.0. The number of hydrogen-bond donors (Lipinski definition) is 6. The predicted octanol–water partition coefficient (Wildman–Crippen LogP) is -1.32. The average Bonchev–Trinajstić information content (AvgIpc) is 3.14. The highest BCUT2D eigenvalue weighted by Crippen LogP contribution is 2.29. The van der Waals surface area contributed by atoms with E-state index >= 15 is 0 Å². The van der Waals surface area contributed by atoms with Crippen LogP contribution in [-0.2, 0) is 19.9 Å². The summed E-state index contributed by atoms with van der Waals surface area (Å²) in [6, 6.07) is -3.45. The number of ether oxygens (including phenoxy) is 1. The number of carboxylic acids is 2. The second kappa shape index (κ2) is 9.43. The minimum Gasteiger partial charge on any atom is -0.481 e. The van der Waals surface area contributed by atoms with E-state index in [9.17, 15) is 14.4 Å². The fraction of sp³-hybridized carbons (Fsp3) is 0.667. The maximum absolute atomic E-state index is 12.0. The molecule has 1 saturated heterocycles. The van der Waals surface area contributed by atoms with E-state index < -0.39 is 42.2 Å². The molecule has 0 unspecified atom stereocenters. The standard InChI is InChI=1S/C15H23N5O8/c16-15(3-5-27-6-4-15)13-20-19-11(28-13)8(1-2-10(22)23)17-14(26)18-9(7-21)12(24)25/h8-9,21H,1-7,16H2,(H,22,23)(H,24,25)(H2,17,18,26)/t8-,9-/m0/s1. The first-order valence-electron chi connectivity index (χ1n) is 8.58. The number of carboxylic acid groups (broad SMARTS) is 2. The molecule has 1 aliphatic rings. The molecule has 7 N–H and O–H groups in total. The van der Waals surface area contributed by atoms with Crippen molar-refractivity contribution in [1.82, 2.24) is 20.8 Å². The first-order chi connectivity index (χ1) is 13.2. The van der Waals surface area contributed by atoms with Crippen LogP contribution in [0.2, 0.25) is 0 Å². The smallest absolute Gasteiger partial charge is 0.328 e. The molecule has 1 aliphatic heterocycles. The van der Waals surface area contributed by atoms with Crippen molar-refractivity contribution < 1.29 is 38.9 Å². The van der Waals surface area contributed by atoms with Crippen molar-refractivity contribution in [2.45, 2.75) is 43.3 Å². The number of urea groups is 1. The Bertz CT molecular complexity index is 702. The molecule has 0 spiro atoms. The number of nitrogens with one attached hydrogen (secondary N) is 2. The monoisotopic (exact) mass is 401 g/mol. The van der Waals surface area contributed by atoms with Crippen LogP contribution in [-0.4, -0.2) is 69.3 Å². The van der Waals surface area contributed by atoms with E-state index in [0.29, 0.717) is 26.1 Å². The molecule has 0 aromatic carbocycles. The lowest BCUT2D eigenvalue weighted by molar-refractivity contribution is -0.140. The van der Waals surface area contributed by atoms with Crippen LogP contribution in [0.1, 0.15) is 43.5 Å². The van der Waals surface area contributed by atoms with E-state index in [4.69, 9.17) is 30.2 Å². The van der Waals surface area contributed by atoms with Gasteiger partial charge in [0.25, 0.3) is 0 Å². The maximum atomic E-state index is 12.0. The summed E-state index contributed by atoms with van der Waals surface area (Å²) >= 11 is 0. The number of hydrogen-bond acceptors (Lipinski definition) is 9. The van der Waals surface area contributed by atoms with Crippen LogP contribution >= 0.6 is 0 Å². The Labute approximate surface area is 159 Å². The molecule has 28 heavy (non-hydrogen) atoms. The summed E-state index contributed by atoms with van der Waals surface area (Å²) < 4.78 is 10.9. The van der Waals surface area contributed by atoms with Crippen LogP contribution in [0.5, 0.6) is 0 Å². The minimum absolute atomic E-state index is 0.0569. The van der Waals surface area contributed by atoms with Gasteiger partial charge in [-0.05, 0) is 19.3 Å². The second-order valence-electron chi connectivity index (χ2n) is 6.39. The molecule has 2 atom stereocenters. The Balaban J connectivity index is 2.13. The zero-order valence-corrected chi connectivity index (χ0v) is 15.0. The van der Waals surface area contributed by atoms with Crippen LogP contribution in [0, 0.1) is 0 Å². The highest BCUT2D eigenvalue weighted by atomic mass is 16.5. The van der Waals surface area contributed by atoms with Gasteiger partial charge in [-0.3, -0.25) is 4.79 Å². The molecule has 2 amide bonds. The normalized spacial score (nSPS) is 18.1. The van der Waals surface area contributed by atoms with Gasteiger partial charge in [0.1, 0.15) is 6.04 Å². The Morgan fingerprint density at radius 2 is 1.86 bits per heavy atom. The number of aliphatic carboxylic acids is 2. The van der Waals surface area contributed by atoms with Crippen LogP contribution in [0.25, 0.3) is 0 Å². The molecule has 2 heterocycles. The van der Waals surface area contributed by atoms with Crippen LogP contribution in [0.4, 0.5) is 4.79 Å². The summed E-state index contributed by atoms with van der Waals surface area (Å²) in [7, 11) is 0. The van der Waals surface area contributed by atoms with Crippen molar-refractivity contribution in [3.05, 3.63) is 11.8 Å². The van der Waals surface area contributed by atoms with Crippen molar-refractivity contribution >= 4 is 18.0 Å². The van der Waals surface area contributed by atoms with Gasteiger partial charge in [0, 0.05) is 19.6 Å². The lowest BCUT2D eigenvalue weighted by Crippen LogP contribution is -2.48. The molecule has 156 valence electrons. The number of amides is 2. The third-order valence-corrected chi connectivity index (χ3v) is 4.29. The van der Waals surface area contributed by atoms with Crippen LogP contribution in [0.15, 0.2) is 4.42 Å². The first kappa shape index (κ1) is 21.5. The molecule has 0 aliphatic carbocycles. The number of nitrogens with zero attached hydrogens (tertiary/aromatic N) is 2. The quantitative estimate of drug-likeness (QED) is 0.286. The lowest BCUT2D eigenvalue weighted by atomic mass is 9.91. The van der Waals surface area contributed by atoms with Gasteiger partial charge in [0.15, 0.2) is 6.04 Å². The number of nitrogens with two attached hydrogens (primary N) is 1. The number of aromatic nitrogens is 2. The Morgan fingerprint density at radius 1 is 1.18 bits per heavy atom. The SMILES string of the molecule is NC1(c2nnc([C@H](CCC(=O)O)NC(=O)N[C@@H](CO)C(=O)O)o2)CCOCC1. The molecule has 13 nitrogen and oxygen atoms in total. The highest BCUT2D eigenvalue weighted by molar-refractivity contribution is 5.82. The molecule has 0 radical (unpaired) electrons. The van der Waals surface area contributed by atoms with Gasteiger partial charge in [0.2, 0.25) is 11.8 Å². The van der Waals surface area contributed by atoms with E-state index in [0.717, 1.165) is 0 Å². The van der Waals surface area contributed by atoms with Gasteiger partial charge < -0.3 is 40.8 Å². The van der Waals surface area contributed by atoms with E-state index in [2.05, 4.69) is 20.8 Å². The molecule has 1 aromatic heterocycles. The van der Waals surface area contributed by atoms with Gasteiger partial charge in [-0.25, -0.2) is 9.59 Å². The zero-order chi connectivity index (χ0) is 20.7. The topological polar surface area (TPSA) is 210 Å². The van der Waals surface area contributed by atoms with Crippen molar-refractivity contribution in [2.75, 3.05) is 19.8 Å². The fourth-order valence-corrected chi connectivity index (χ4v) is 2.59. The molecule has 0 saturated carbocycles. The van der Waals surface area contributed by atoms with E-state index in [1.807, 2.05) is 0 Å². The van der Waals surface area contributed by atoms with E-state index in [1.165, 1.54) is 0 Å². The van der Waals surface area contributed by atoms with Crippen molar-refractivity contribution in [3.8, 4) is 0 Å². The van der Waals surface area contributed by atoms with E-state index in [1.54, 1.807) is 0 Å². The van der Waals surface area contributed by atoms with Crippen molar-refractivity contribution in [1.29, 1.82) is 0 Å². The first-order valence-corrected chi connectivity index (χ1v) is 8.58. The van der Waals surface area contributed by atoms with Gasteiger partial charge in [0.05, 0.1) is 12.1 Å². The van der Waals surface area contributed by atoms with E-state index in [-0.39, 0.29) is 24.6 Å². The largest absolute Gasteiger partial charge is 0.481 e. The fourth-order valence-electron chi connectivity index (χ4n) is 2.59. The lowest BCUT2D eigenvalue weighted by Gasteiger charge is -2.29. The molecule has 1 fully saturated rings. The summed E-state index contributed by atoms with van der Waals surface area (Å²) in [6.45, 7) is 0.0368. The molecule has 0 bridgehead atoms. The van der Waals surface area contributed by atoms with Crippen molar-refractivity contribution in [2.24, 2.45) is 5.73 Å². The molecule has 2 rings (SSSR count). The Hall–Kier alpha value is -2.77. The number of aliphatic hydroxyl groups is 1. The summed E-state index contributed by atoms with van der Waals surface area (Å²) in [6.07, 6.45) is 0.521. The maximum Gasteiger partial charge on any atom is 0.328 e. The molecule has 1 aromatic rings. The summed E-state index contributed by atoms with van der Waals surface area (Å²) in [5, 5.41) is 39.0. The number of rotatable bonds is 9. The number of carbonyl (C=O) groups excluding carboxylic acids is 1. The Morgan fingerprint density at radius 3 is 2.43 bits per heavy atom. The highest BCUT2D eigenvalue weighted by Gasteiger charge is 2.36. The Kier molecular flexibility index (Phi) is 7.25. The average molecular weight is 401 g/mol. The second-order valence-corrected chi connectivity index (χ2v) is 6.39. The van der Waals surface area contributed by atoms with Gasteiger partial charge in [-0.2, -0.15) is 0 Å². The van der Waals surface area contributed by atoms with Crippen LogP contribution < -0.4 is 16.4 Å². The summed E-state index contributed by atoms with van der Waals surface area (Å²) in [5.74, 6) is -2.44. The molecular formula is C15H23N5O8. The summed E-state index contributed by atoms with van der Waals surface area (Å²) in [5.41, 5.74) is 5.39. The third-order valence-electron chi connectivity index (χ3n) is 4.29. The van der Waals surface area contributed by atoms with Gasteiger partial charge in [-0.1, -0.05) is 0 Å². The van der Waals surface area contributed by atoms with Gasteiger partial charge in [-0.15, -0.1) is 10.2 Å². The number of aliphatic hydroxyl groups excluding tert-OH is 1. The predicted molar refractivity (Wildman–Crippen MR) is 90.0 cm³/mol. The third kappa shape index (κ3) is 5.61. The van der Waals surface area contributed by atoms with Crippen molar-refractivity contribution in [3.63, 3.8) is 0 Å². The number of carbonyl (C=O) groups is 3. The minimum atomic E-state index is -1.52. The molecule has 13 heteroatoms.